The highest BCUT2D eigenvalue weighted by atomic mass is 19.3. The van der Waals surface area contributed by atoms with Gasteiger partial charge in [-0.2, -0.15) is 13.9 Å². The molecule has 128 valence electrons. The van der Waals surface area contributed by atoms with Crippen molar-refractivity contribution in [2.75, 3.05) is 0 Å². The minimum atomic E-state index is -2.96. The summed E-state index contributed by atoms with van der Waals surface area (Å²) in [5.41, 5.74) is 0.636. The second-order valence-corrected chi connectivity index (χ2v) is 5.50. The van der Waals surface area contributed by atoms with Crippen molar-refractivity contribution in [3.63, 3.8) is 0 Å². The summed E-state index contributed by atoms with van der Waals surface area (Å²) in [4.78, 5) is 12.6. The molecular formula is C17H18F2N2O3. The Labute approximate surface area is 136 Å². The fourth-order valence-corrected chi connectivity index (χ4v) is 2.78. The van der Waals surface area contributed by atoms with Crippen molar-refractivity contribution in [2.45, 2.75) is 46.3 Å². The Morgan fingerprint density at radius 3 is 2.75 bits per heavy atom. The molecule has 0 saturated carbocycles. The average Bonchev–Trinajstić information content (AvgIpc) is 2.95. The van der Waals surface area contributed by atoms with Gasteiger partial charge in [0.2, 0.25) is 5.58 Å². The van der Waals surface area contributed by atoms with E-state index in [4.69, 9.17) is 4.42 Å². The molecule has 1 aromatic carbocycles. The van der Waals surface area contributed by atoms with Crippen LogP contribution in [0.15, 0.2) is 27.4 Å². The quantitative estimate of drug-likeness (QED) is 0.680. The normalized spacial score (nSPS) is 11.7. The molecule has 0 atom stereocenters. The van der Waals surface area contributed by atoms with Gasteiger partial charge in [-0.25, -0.2) is 4.68 Å². The first-order chi connectivity index (χ1) is 11.6. The number of para-hydroxylation sites is 1. The van der Waals surface area contributed by atoms with Crippen LogP contribution in [-0.4, -0.2) is 16.4 Å². The lowest BCUT2D eigenvalue weighted by Gasteiger charge is -2.06. The van der Waals surface area contributed by atoms with Crippen LogP contribution in [0.2, 0.25) is 0 Å². The molecule has 7 heteroatoms. The molecule has 0 spiro atoms. The summed E-state index contributed by atoms with van der Waals surface area (Å²) < 4.78 is 36.7. The highest BCUT2D eigenvalue weighted by Crippen LogP contribution is 2.35. The third-order valence-corrected chi connectivity index (χ3v) is 3.91. The second kappa shape index (κ2) is 6.59. The minimum Gasteiger partial charge on any atom is -0.446 e. The van der Waals surface area contributed by atoms with E-state index in [1.165, 1.54) is 10.7 Å². The van der Waals surface area contributed by atoms with Crippen LogP contribution in [0.1, 0.15) is 32.4 Å². The first kappa shape index (κ1) is 16.4. The van der Waals surface area contributed by atoms with Crippen LogP contribution in [0, 0.1) is 0 Å². The highest BCUT2D eigenvalue weighted by molar-refractivity contribution is 6.07. The average molecular weight is 336 g/mol. The van der Waals surface area contributed by atoms with E-state index in [1.54, 1.807) is 12.1 Å². The van der Waals surface area contributed by atoms with Gasteiger partial charge in [0.05, 0.1) is 11.1 Å². The van der Waals surface area contributed by atoms with Crippen LogP contribution in [0.25, 0.3) is 21.9 Å². The number of furan rings is 1. The molecular weight excluding hydrogens is 318 g/mol. The van der Waals surface area contributed by atoms with Crippen LogP contribution in [0.3, 0.4) is 0 Å². The molecule has 0 fully saturated rings. The number of hydrogen-bond donors (Lipinski definition) is 0. The molecule has 2 heterocycles. The maximum absolute atomic E-state index is 12.6. The van der Waals surface area contributed by atoms with Gasteiger partial charge in [-0.05, 0) is 18.9 Å². The molecule has 0 aliphatic heterocycles. The third kappa shape index (κ3) is 2.74. The van der Waals surface area contributed by atoms with E-state index in [2.05, 4.69) is 9.84 Å². The number of nitrogens with zero attached hydrogens (tertiary/aromatic N) is 2. The lowest BCUT2D eigenvalue weighted by Crippen LogP contribution is -2.24. The zero-order chi connectivity index (χ0) is 17.3. The molecule has 3 rings (SSSR count). The number of rotatable bonds is 6. The van der Waals surface area contributed by atoms with Gasteiger partial charge in [-0.15, -0.1) is 0 Å². The summed E-state index contributed by atoms with van der Waals surface area (Å²) >= 11 is 0. The fraction of sp³-hybridized carbons (Fsp3) is 0.412. The van der Waals surface area contributed by atoms with Crippen molar-refractivity contribution in [3.05, 3.63) is 34.2 Å². The first-order valence-electron chi connectivity index (χ1n) is 7.96. The number of unbranched alkanes of at least 4 members (excludes halogenated alkanes) is 1. The van der Waals surface area contributed by atoms with Gasteiger partial charge in [0.15, 0.2) is 11.3 Å². The smallest absolute Gasteiger partial charge is 0.387 e. The highest BCUT2D eigenvalue weighted by Gasteiger charge is 2.20. The first-order valence-corrected chi connectivity index (χ1v) is 7.96. The van der Waals surface area contributed by atoms with E-state index in [0.29, 0.717) is 29.4 Å². The van der Waals surface area contributed by atoms with Gasteiger partial charge in [-0.1, -0.05) is 32.4 Å². The SMILES string of the molecule is CCCCn1nc(CC)c2c(oc3c(OC(F)F)cccc32)c1=O. The zero-order valence-electron chi connectivity index (χ0n) is 13.5. The summed E-state index contributed by atoms with van der Waals surface area (Å²) in [6.45, 7) is 1.48. The predicted octanol–water partition coefficient (Wildman–Crippen LogP) is 4.11. The summed E-state index contributed by atoms with van der Waals surface area (Å²) in [5.74, 6) is -0.0831. The number of benzene rings is 1. The predicted molar refractivity (Wildman–Crippen MR) is 86.7 cm³/mol. The molecule has 5 nitrogen and oxygen atoms in total. The Kier molecular flexibility index (Phi) is 4.51. The number of fused-ring (bicyclic) bond motifs is 3. The Balaban J connectivity index is 2.31. The molecule has 0 radical (unpaired) electrons. The molecule has 0 amide bonds. The van der Waals surface area contributed by atoms with Crippen molar-refractivity contribution in [1.82, 2.24) is 9.78 Å². The number of hydrogen-bond acceptors (Lipinski definition) is 4. The monoisotopic (exact) mass is 336 g/mol. The molecule has 0 N–H and O–H groups in total. The Hall–Kier alpha value is -2.44. The van der Waals surface area contributed by atoms with Crippen LogP contribution < -0.4 is 10.3 Å². The lowest BCUT2D eigenvalue weighted by atomic mass is 10.1. The van der Waals surface area contributed by atoms with Gasteiger partial charge in [-0.3, -0.25) is 4.79 Å². The van der Waals surface area contributed by atoms with Gasteiger partial charge < -0.3 is 9.15 Å². The molecule has 0 aliphatic rings. The van der Waals surface area contributed by atoms with Crippen molar-refractivity contribution >= 4 is 21.9 Å². The van der Waals surface area contributed by atoms with Crippen LogP contribution in [-0.2, 0) is 13.0 Å². The summed E-state index contributed by atoms with van der Waals surface area (Å²) in [6.07, 6.45) is 2.35. The molecule has 3 aromatic rings. The zero-order valence-corrected chi connectivity index (χ0v) is 13.5. The Morgan fingerprint density at radius 2 is 2.08 bits per heavy atom. The maximum Gasteiger partial charge on any atom is 0.387 e. The van der Waals surface area contributed by atoms with Crippen LogP contribution >= 0.6 is 0 Å². The number of ether oxygens (including phenoxy) is 1. The molecule has 2 aromatic heterocycles. The number of alkyl halides is 2. The third-order valence-electron chi connectivity index (χ3n) is 3.91. The molecule has 0 aliphatic carbocycles. The van der Waals surface area contributed by atoms with E-state index in [-0.39, 0.29) is 22.5 Å². The van der Waals surface area contributed by atoms with Crippen LogP contribution in [0.4, 0.5) is 8.78 Å². The standard InChI is InChI=1S/C17H18F2N2O3/c1-3-5-9-21-16(22)15-13(11(4-2)20-21)10-7-6-8-12(14(10)24-15)23-17(18)19/h6-8,17H,3-5,9H2,1-2H3. The largest absolute Gasteiger partial charge is 0.446 e. The molecule has 0 unspecified atom stereocenters. The molecule has 0 bridgehead atoms. The van der Waals surface area contributed by atoms with E-state index in [1.807, 2.05) is 13.8 Å². The van der Waals surface area contributed by atoms with Gasteiger partial charge in [0, 0.05) is 11.9 Å². The second-order valence-electron chi connectivity index (χ2n) is 5.50. The van der Waals surface area contributed by atoms with E-state index >= 15 is 0 Å². The van der Waals surface area contributed by atoms with E-state index < -0.39 is 6.61 Å². The lowest BCUT2D eigenvalue weighted by molar-refractivity contribution is -0.0493. The van der Waals surface area contributed by atoms with Crippen LogP contribution in [0.5, 0.6) is 5.75 Å². The van der Waals surface area contributed by atoms with E-state index in [0.717, 1.165) is 12.8 Å². The topological polar surface area (TPSA) is 57.3 Å². The Bertz CT molecular complexity index is 931. The van der Waals surface area contributed by atoms with Gasteiger partial charge in [0.1, 0.15) is 0 Å². The van der Waals surface area contributed by atoms with Crippen molar-refractivity contribution in [2.24, 2.45) is 0 Å². The van der Waals surface area contributed by atoms with Crippen molar-refractivity contribution in [3.8, 4) is 5.75 Å². The summed E-state index contributed by atoms with van der Waals surface area (Å²) in [5, 5.41) is 5.56. The van der Waals surface area contributed by atoms with Crippen molar-refractivity contribution in [1.29, 1.82) is 0 Å². The number of halogens is 2. The molecule has 0 saturated heterocycles. The summed E-state index contributed by atoms with van der Waals surface area (Å²) in [7, 11) is 0. The number of aromatic nitrogens is 2. The molecule has 24 heavy (non-hydrogen) atoms. The van der Waals surface area contributed by atoms with Gasteiger partial charge in [0.25, 0.3) is 0 Å². The Morgan fingerprint density at radius 1 is 1.29 bits per heavy atom. The summed E-state index contributed by atoms with van der Waals surface area (Å²) in [6, 6.07) is 4.71. The maximum atomic E-state index is 12.6. The van der Waals surface area contributed by atoms with Crippen molar-refractivity contribution < 1.29 is 17.9 Å². The minimum absolute atomic E-state index is 0.0831. The van der Waals surface area contributed by atoms with Gasteiger partial charge >= 0.3 is 12.2 Å². The number of aryl methyl sites for hydroxylation is 2. The van der Waals surface area contributed by atoms with E-state index in [9.17, 15) is 13.6 Å². The fourth-order valence-electron chi connectivity index (χ4n) is 2.78.